The van der Waals surface area contributed by atoms with Gasteiger partial charge in [-0.3, -0.25) is 9.59 Å². The van der Waals surface area contributed by atoms with E-state index in [-0.39, 0.29) is 12.8 Å². The Morgan fingerprint density at radius 2 is 0.875 bits per heavy atom. The van der Waals surface area contributed by atoms with Crippen molar-refractivity contribution in [1.82, 2.24) is 0 Å². The van der Waals surface area contributed by atoms with E-state index in [1.807, 2.05) is 0 Å². The number of carbonyl (C=O) groups excluding carboxylic acids is 4. The SMILES string of the molecule is O=C(CCCCCCC(=O)OCOC(=O)c1ccccc1)OCOC(=O)c1ccccc1. The van der Waals surface area contributed by atoms with Crippen LogP contribution in [-0.4, -0.2) is 37.5 Å². The molecule has 0 aliphatic rings. The molecule has 0 saturated carbocycles. The van der Waals surface area contributed by atoms with Crippen LogP contribution in [0.1, 0.15) is 59.2 Å². The van der Waals surface area contributed by atoms with Crippen LogP contribution in [0.15, 0.2) is 60.7 Å². The minimum absolute atomic E-state index is 0.197. The fraction of sp³-hybridized carbons (Fsp3) is 0.333. The molecule has 170 valence electrons. The van der Waals surface area contributed by atoms with Crippen molar-refractivity contribution in [2.75, 3.05) is 13.6 Å². The highest BCUT2D eigenvalue weighted by molar-refractivity contribution is 5.89. The molecule has 2 aromatic rings. The Hall–Kier alpha value is -3.68. The number of esters is 4. The van der Waals surface area contributed by atoms with Crippen LogP contribution < -0.4 is 0 Å². The molecule has 0 heterocycles. The minimum atomic E-state index is -0.555. The quantitative estimate of drug-likeness (QED) is 0.260. The second-order valence-corrected chi connectivity index (χ2v) is 6.78. The Kier molecular flexibility index (Phi) is 11.0. The average Bonchev–Trinajstić information content (AvgIpc) is 2.82. The topological polar surface area (TPSA) is 105 Å². The maximum atomic E-state index is 11.7. The van der Waals surface area contributed by atoms with Crippen molar-refractivity contribution < 1.29 is 38.1 Å². The summed E-state index contributed by atoms with van der Waals surface area (Å²) < 4.78 is 19.5. The molecule has 0 atom stereocenters. The van der Waals surface area contributed by atoms with Crippen LogP contribution in [0.2, 0.25) is 0 Å². The molecule has 0 aromatic heterocycles. The lowest BCUT2D eigenvalue weighted by molar-refractivity contribution is -0.153. The van der Waals surface area contributed by atoms with Gasteiger partial charge in [0, 0.05) is 12.8 Å². The fourth-order valence-corrected chi connectivity index (χ4v) is 2.65. The maximum absolute atomic E-state index is 11.7. The van der Waals surface area contributed by atoms with Crippen LogP contribution in [0, 0.1) is 0 Å². The average molecular weight is 442 g/mol. The van der Waals surface area contributed by atoms with Crippen molar-refractivity contribution in [2.45, 2.75) is 38.5 Å². The first kappa shape index (κ1) is 24.6. The van der Waals surface area contributed by atoms with Gasteiger partial charge in [-0.15, -0.1) is 0 Å². The fourth-order valence-electron chi connectivity index (χ4n) is 2.65. The van der Waals surface area contributed by atoms with Crippen LogP contribution in [0.4, 0.5) is 0 Å². The number of rotatable bonds is 13. The van der Waals surface area contributed by atoms with Gasteiger partial charge in [0.15, 0.2) is 0 Å². The van der Waals surface area contributed by atoms with Crippen molar-refractivity contribution in [3.63, 3.8) is 0 Å². The van der Waals surface area contributed by atoms with Crippen LogP contribution >= 0.6 is 0 Å². The molecule has 0 aliphatic carbocycles. The highest BCUT2D eigenvalue weighted by Gasteiger charge is 2.10. The summed E-state index contributed by atoms with van der Waals surface area (Å²) in [6, 6.07) is 16.8. The zero-order valence-corrected chi connectivity index (χ0v) is 17.7. The third-order valence-electron chi connectivity index (χ3n) is 4.35. The summed E-state index contributed by atoms with van der Waals surface area (Å²) in [5.41, 5.74) is 0.771. The molecule has 8 heteroatoms. The normalized spacial score (nSPS) is 10.1. The molecule has 0 radical (unpaired) electrons. The Balaban J connectivity index is 1.43. The monoisotopic (exact) mass is 442 g/mol. The van der Waals surface area contributed by atoms with E-state index in [1.54, 1.807) is 60.7 Å². The predicted octanol–water partition coefficient (Wildman–Crippen LogP) is 4.04. The molecule has 0 fully saturated rings. The second-order valence-electron chi connectivity index (χ2n) is 6.78. The molecule has 2 rings (SSSR count). The molecular weight excluding hydrogens is 416 g/mol. The molecule has 0 saturated heterocycles. The molecule has 0 bridgehead atoms. The highest BCUT2D eigenvalue weighted by atomic mass is 16.7. The zero-order valence-electron chi connectivity index (χ0n) is 17.7. The van der Waals surface area contributed by atoms with Gasteiger partial charge in [-0.05, 0) is 37.1 Å². The standard InChI is InChI=1S/C24H26O8/c25-21(29-17-31-23(27)19-11-5-3-6-12-19)15-9-1-2-10-16-22(26)30-18-32-24(28)20-13-7-4-8-14-20/h3-8,11-14H,1-2,9-10,15-18H2. The van der Waals surface area contributed by atoms with Crippen LogP contribution in [0.25, 0.3) is 0 Å². The van der Waals surface area contributed by atoms with Gasteiger partial charge in [-0.1, -0.05) is 49.2 Å². The van der Waals surface area contributed by atoms with E-state index >= 15 is 0 Å². The molecule has 0 spiro atoms. The van der Waals surface area contributed by atoms with Gasteiger partial charge in [0.05, 0.1) is 11.1 Å². The van der Waals surface area contributed by atoms with Crippen molar-refractivity contribution in [1.29, 1.82) is 0 Å². The van der Waals surface area contributed by atoms with E-state index in [1.165, 1.54) is 0 Å². The Morgan fingerprint density at radius 3 is 1.25 bits per heavy atom. The zero-order chi connectivity index (χ0) is 23.0. The lowest BCUT2D eigenvalue weighted by Gasteiger charge is -2.07. The van der Waals surface area contributed by atoms with Crippen LogP contribution in [0.3, 0.4) is 0 Å². The van der Waals surface area contributed by atoms with E-state index in [4.69, 9.17) is 18.9 Å². The van der Waals surface area contributed by atoms with E-state index in [0.29, 0.717) is 24.0 Å². The van der Waals surface area contributed by atoms with Gasteiger partial charge < -0.3 is 18.9 Å². The predicted molar refractivity (Wildman–Crippen MR) is 113 cm³/mol. The third kappa shape index (κ3) is 9.88. The molecule has 0 aliphatic heterocycles. The maximum Gasteiger partial charge on any atom is 0.340 e. The largest absolute Gasteiger partial charge is 0.428 e. The lowest BCUT2D eigenvalue weighted by atomic mass is 10.1. The summed E-state index contributed by atoms with van der Waals surface area (Å²) in [4.78, 5) is 46.7. The number of ether oxygens (including phenoxy) is 4. The van der Waals surface area contributed by atoms with Crippen LogP contribution in [-0.2, 0) is 28.5 Å². The molecule has 32 heavy (non-hydrogen) atoms. The lowest BCUT2D eigenvalue weighted by Crippen LogP contribution is -2.13. The first-order valence-electron chi connectivity index (χ1n) is 10.3. The summed E-state index contributed by atoms with van der Waals surface area (Å²) in [5, 5.41) is 0. The first-order chi connectivity index (χ1) is 15.6. The molecule has 2 aromatic carbocycles. The van der Waals surface area contributed by atoms with Gasteiger partial charge in [-0.2, -0.15) is 0 Å². The molecular formula is C24H26O8. The summed E-state index contributed by atoms with van der Waals surface area (Å²) >= 11 is 0. The van der Waals surface area contributed by atoms with Gasteiger partial charge >= 0.3 is 23.9 Å². The number of carbonyl (C=O) groups is 4. The Morgan fingerprint density at radius 1 is 0.500 bits per heavy atom. The highest BCUT2D eigenvalue weighted by Crippen LogP contribution is 2.08. The molecule has 0 unspecified atom stereocenters. The molecule has 0 N–H and O–H groups in total. The van der Waals surface area contributed by atoms with Gasteiger partial charge in [0.25, 0.3) is 0 Å². The number of hydrogen-bond donors (Lipinski definition) is 0. The van der Waals surface area contributed by atoms with E-state index < -0.39 is 37.5 Å². The van der Waals surface area contributed by atoms with Gasteiger partial charge in [0.1, 0.15) is 0 Å². The van der Waals surface area contributed by atoms with Crippen molar-refractivity contribution in [2.24, 2.45) is 0 Å². The summed E-state index contributed by atoms with van der Waals surface area (Å²) in [5.74, 6) is -2.02. The Labute approximate surface area is 186 Å². The van der Waals surface area contributed by atoms with Gasteiger partial charge in [-0.25, -0.2) is 9.59 Å². The number of benzene rings is 2. The van der Waals surface area contributed by atoms with E-state index in [2.05, 4.69) is 0 Å². The number of hydrogen-bond acceptors (Lipinski definition) is 8. The minimum Gasteiger partial charge on any atom is -0.428 e. The third-order valence-corrected chi connectivity index (χ3v) is 4.35. The van der Waals surface area contributed by atoms with E-state index in [9.17, 15) is 19.2 Å². The summed E-state index contributed by atoms with van der Waals surface area (Å²) in [6.07, 6.45) is 3.04. The van der Waals surface area contributed by atoms with Crippen LogP contribution in [0.5, 0.6) is 0 Å². The van der Waals surface area contributed by atoms with Crippen molar-refractivity contribution in [3.05, 3.63) is 71.8 Å². The summed E-state index contributed by atoms with van der Waals surface area (Å²) in [6.45, 7) is -0.847. The Bertz CT molecular complexity index is 791. The number of unbranched alkanes of at least 4 members (excludes halogenated alkanes) is 3. The van der Waals surface area contributed by atoms with Crippen molar-refractivity contribution >= 4 is 23.9 Å². The van der Waals surface area contributed by atoms with E-state index in [0.717, 1.165) is 12.8 Å². The first-order valence-corrected chi connectivity index (χ1v) is 10.3. The molecule has 0 amide bonds. The second kappa shape index (κ2) is 14.3. The van der Waals surface area contributed by atoms with Crippen molar-refractivity contribution in [3.8, 4) is 0 Å². The molecule has 8 nitrogen and oxygen atoms in total. The smallest absolute Gasteiger partial charge is 0.340 e. The van der Waals surface area contributed by atoms with Gasteiger partial charge in [0.2, 0.25) is 13.6 Å². The summed E-state index contributed by atoms with van der Waals surface area (Å²) in [7, 11) is 0.